The van der Waals surface area contributed by atoms with Gasteiger partial charge >= 0.3 is 0 Å². The van der Waals surface area contributed by atoms with Gasteiger partial charge in [0.2, 0.25) is 5.91 Å². The Morgan fingerprint density at radius 3 is 2.40 bits per heavy atom. The minimum atomic E-state index is -0.836. The van der Waals surface area contributed by atoms with E-state index in [1.165, 1.54) is 18.2 Å². The lowest BCUT2D eigenvalue weighted by atomic mass is 10.0. The van der Waals surface area contributed by atoms with Gasteiger partial charge in [-0.25, -0.2) is 4.39 Å². The first-order valence-corrected chi connectivity index (χ1v) is 11.8. The number of hydrogen-bond acceptors (Lipinski definition) is 4. The highest BCUT2D eigenvalue weighted by Gasteiger charge is 2.29. The molecule has 1 fully saturated rings. The second kappa shape index (κ2) is 11.3. The number of benzene rings is 3. The highest BCUT2D eigenvalue weighted by molar-refractivity contribution is 6.01. The van der Waals surface area contributed by atoms with Crippen LogP contribution in [0, 0.1) is 5.82 Å². The molecule has 182 valence electrons. The third kappa shape index (κ3) is 6.32. The Kier molecular flexibility index (Phi) is 7.90. The van der Waals surface area contributed by atoms with Gasteiger partial charge in [0, 0.05) is 17.8 Å². The smallest absolute Gasteiger partial charge is 0.254 e. The van der Waals surface area contributed by atoms with Crippen molar-refractivity contribution in [3.63, 3.8) is 0 Å². The van der Waals surface area contributed by atoms with E-state index in [1.807, 2.05) is 54.6 Å². The number of halogens is 1. The normalized spacial score (nSPS) is 19.1. The molecule has 0 unspecified atom stereocenters. The number of anilines is 1. The summed E-state index contributed by atoms with van der Waals surface area (Å²) >= 11 is 0. The molecule has 0 aliphatic carbocycles. The van der Waals surface area contributed by atoms with E-state index in [2.05, 4.69) is 16.0 Å². The molecule has 4 N–H and O–H groups in total. The van der Waals surface area contributed by atoms with Gasteiger partial charge in [-0.3, -0.25) is 9.59 Å². The molecule has 0 saturated carbocycles. The van der Waals surface area contributed by atoms with Gasteiger partial charge in [0.15, 0.2) is 0 Å². The van der Waals surface area contributed by atoms with E-state index in [1.54, 1.807) is 13.0 Å². The van der Waals surface area contributed by atoms with Crippen LogP contribution in [0.1, 0.15) is 47.4 Å². The molecular formula is C28H30FN3O3. The summed E-state index contributed by atoms with van der Waals surface area (Å²) in [5.74, 6) is -1.66. The maximum absolute atomic E-state index is 13.8. The van der Waals surface area contributed by atoms with Crippen molar-refractivity contribution in [2.75, 3.05) is 5.32 Å². The first-order chi connectivity index (χ1) is 16.9. The first kappa shape index (κ1) is 24.6. The molecule has 0 radical (unpaired) electrons. The maximum Gasteiger partial charge on any atom is 0.254 e. The molecule has 2 amide bonds. The molecule has 0 spiro atoms. The fourth-order valence-corrected chi connectivity index (χ4v) is 4.39. The SMILES string of the molecule is C[C@H](NC(=O)c1ccccc1F)C(=O)Nc1ccc(C[C@@H]2CC[C@H]([C@H](O)c3ccccc3)N2)cc1. The molecule has 4 atom stereocenters. The average Bonchev–Trinajstić information content (AvgIpc) is 3.34. The molecule has 1 aliphatic heterocycles. The third-order valence-corrected chi connectivity index (χ3v) is 6.36. The molecule has 1 aliphatic rings. The fourth-order valence-electron chi connectivity index (χ4n) is 4.39. The molecule has 7 heteroatoms. The van der Waals surface area contributed by atoms with Crippen LogP contribution in [0.25, 0.3) is 0 Å². The average molecular weight is 476 g/mol. The highest BCUT2D eigenvalue weighted by Crippen LogP contribution is 2.27. The van der Waals surface area contributed by atoms with E-state index in [9.17, 15) is 19.1 Å². The molecule has 3 aromatic rings. The molecule has 4 rings (SSSR count). The van der Waals surface area contributed by atoms with Crippen molar-refractivity contribution in [1.29, 1.82) is 0 Å². The van der Waals surface area contributed by atoms with Crippen LogP contribution in [0.2, 0.25) is 0 Å². The summed E-state index contributed by atoms with van der Waals surface area (Å²) in [6.07, 6.45) is 2.18. The molecule has 1 saturated heterocycles. The Bertz CT molecular complexity index is 1150. The van der Waals surface area contributed by atoms with E-state index in [-0.39, 0.29) is 17.6 Å². The van der Waals surface area contributed by atoms with Crippen LogP contribution in [-0.2, 0) is 11.2 Å². The number of carbonyl (C=O) groups excluding carboxylic acids is 2. The van der Waals surface area contributed by atoms with Gasteiger partial charge in [-0.2, -0.15) is 0 Å². The number of carbonyl (C=O) groups is 2. The molecule has 0 aromatic heterocycles. The van der Waals surface area contributed by atoms with Gasteiger partial charge < -0.3 is 21.1 Å². The number of rotatable bonds is 8. The highest BCUT2D eigenvalue weighted by atomic mass is 19.1. The van der Waals surface area contributed by atoms with Crippen molar-refractivity contribution in [3.8, 4) is 0 Å². The van der Waals surface area contributed by atoms with Gasteiger partial charge in [0.1, 0.15) is 11.9 Å². The molecule has 3 aromatic carbocycles. The number of hydrogen-bond donors (Lipinski definition) is 4. The third-order valence-electron chi connectivity index (χ3n) is 6.36. The number of aliphatic hydroxyl groups excluding tert-OH is 1. The fraction of sp³-hybridized carbons (Fsp3) is 0.286. The molecular weight excluding hydrogens is 445 g/mol. The Hall–Kier alpha value is -3.55. The van der Waals surface area contributed by atoms with Crippen LogP contribution < -0.4 is 16.0 Å². The minimum absolute atomic E-state index is 0.0296. The molecule has 6 nitrogen and oxygen atoms in total. The van der Waals surface area contributed by atoms with Crippen LogP contribution in [-0.4, -0.2) is 35.0 Å². The van der Waals surface area contributed by atoms with Gasteiger partial charge in [-0.15, -0.1) is 0 Å². The number of aliphatic hydroxyl groups is 1. The van der Waals surface area contributed by atoms with E-state index < -0.39 is 29.8 Å². The topological polar surface area (TPSA) is 90.5 Å². The van der Waals surface area contributed by atoms with Gasteiger partial charge in [0.05, 0.1) is 11.7 Å². The zero-order chi connectivity index (χ0) is 24.8. The number of nitrogens with one attached hydrogen (secondary N) is 3. The second-order valence-corrected chi connectivity index (χ2v) is 8.97. The molecule has 0 bridgehead atoms. The zero-order valence-corrected chi connectivity index (χ0v) is 19.6. The predicted octanol–water partition coefficient (Wildman–Crippen LogP) is 3.98. The lowest BCUT2D eigenvalue weighted by molar-refractivity contribution is -0.117. The Morgan fingerprint density at radius 2 is 1.69 bits per heavy atom. The summed E-state index contributed by atoms with van der Waals surface area (Å²) < 4.78 is 13.8. The quantitative estimate of drug-likeness (QED) is 0.397. The van der Waals surface area contributed by atoms with E-state index in [4.69, 9.17) is 0 Å². The van der Waals surface area contributed by atoms with Crippen molar-refractivity contribution in [2.45, 2.75) is 50.4 Å². The Labute approximate surface area is 204 Å². The van der Waals surface area contributed by atoms with Gasteiger partial charge in [-0.1, -0.05) is 54.6 Å². The summed E-state index contributed by atoms with van der Waals surface area (Å²) in [6, 6.07) is 22.4. The first-order valence-electron chi connectivity index (χ1n) is 11.8. The van der Waals surface area contributed by atoms with E-state index in [0.717, 1.165) is 30.4 Å². The molecule has 1 heterocycles. The Balaban J connectivity index is 1.26. The predicted molar refractivity (Wildman–Crippen MR) is 133 cm³/mol. The van der Waals surface area contributed by atoms with Crippen molar-refractivity contribution in [1.82, 2.24) is 10.6 Å². The van der Waals surface area contributed by atoms with Crippen molar-refractivity contribution < 1.29 is 19.1 Å². The summed E-state index contributed by atoms with van der Waals surface area (Å²) in [4.78, 5) is 24.7. The summed E-state index contributed by atoms with van der Waals surface area (Å²) in [5, 5.41) is 19.5. The summed E-state index contributed by atoms with van der Waals surface area (Å²) in [6.45, 7) is 1.55. The van der Waals surface area contributed by atoms with Crippen LogP contribution in [0.5, 0.6) is 0 Å². The van der Waals surface area contributed by atoms with Gasteiger partial charge in [0.25, 0.3) is 5.91 Å². The number of amides is 2. The van der Waals surface area contributed by atoms with Crippen LogP contribution >= 0.6 is 0 Å². The van der Waals surface area contributed by atoms with Crippen molar-refractivity contribution in [3.05, 3.63) is 101 Å². The zero-order valence-electron chi connectivity index (χ0n) is 19.6. The lowest BCUT2D eigenvalue weighted by Gasteiger charge is -2.20. The molecule has 35 heavy (non-hydrogen) atoms. The van der Waals surface area contributed by atoms with Gasteiger partial charge in [-0.05, 0) is 61.6 Å². The standard InChI is InChI=1S/C28H30FN3O3/c1-18(30-28(35)23-9-5-6-10-24(23)29)27(34)32-21-13-11-19(12-14-21)17-22-15-16-25(31-22)26(33)20-7-3-2-4-8-20/h2-14,18,22,25-26,31,33H,15-17H2,1H3,(H,30,35)(H,32,34)/t18-,22-,25+,26+/m0/s1. The monoisotopic (exact) mass is 475 g/mol. The maximum atomic E-state index is 13.8. The second-order valence-electron chi connectivity index (χ2n) is 8.97. The lowest BCUT2D eigenvalue weighted by Crippen LogP contribution is -2.41. The van der Waals surface area contributed by atoms with Crippen LogP contribution in [0.15, 0.2) is 78.9 Å². The van der Waals surface area contributed by atoms with Crippen LogP contribution in [0.3, 0.4) is 0 Å². The summed E-state index contributed by atoms with van der Waals surface area (Å²) in [5.41, 5.74) is 2.55. The van der Waals surface area contributed by atoms with Crippen molar-refractivity contribution in [2.24, 2.45) is 0 Å². The van der Waals surface area contributed by atoms with E-state index in [0.29, 0.717) is 5.69 Å². The Morgan fingerprint density at radius 1 is 1.00 bits per heavy atom. The van der Waals surface area contributed by atoms with Crippen molar-refractivity contribution >= 4 is 17.5 Å². The minimum Gasteiger partial charge on any atom is -0.387 e. The largest absolute Gasteiger partial charge is 0.387 e. The summed E-state index contributed by atoms with van der Waals surface area (Å²) in [7, 11) is 0. The van der Waals surface area contributed by atoms with Crippen LogP contribution in [0.4, 0.5) is 10.1 Å². The van der Waals surface area contributed by atoms with E-state index >= 15 is 0 Å².